The van der Waals surface area contributed by atoms with Crippen molar-refractivity contribution >= 4 is 35.0 Å². The molecule has 0 fully saturated rings. The van der Waals surface area contributed by atoms with E-state index in [1.807, 2.05) is 61.5 Å². The van der Waals surface area contributed by atoms with Gasteiger partial charge in [-0.3, -0.25) is 9.59 Å². The van der Waals surface area contributed by atoms with Crippen molar-refractivity contribution in [3.63, 3.8) is 0 Å². The number of rotatable bonds is 14. The summed E-state index contributed by atoms with van der Waals surface area (Å²) in [7, 11) is 0. The molecule has 0 amide bonds. The molecule has 0 saturated heterocycles. The molecule has 7 nitrogen and oxygen atoms in total. The lowest BCUT2D eigenvalue weighted by Gasteiger charge is -2.08. The Morgan fingerprint density at radius 2 is 1.60 bits per heavy atom. The number of hydrogen-bond donors (Lipinski definition) is 2. The van der Waals surface area contributed by atoms with Crippen molar-refractivity contribution in [2.45, 2.75) is 32.7 Å². The molecule has 0 saturated carbocycles. The van der Waals surface area contributed by atoms with Crippen LogP contribution in [0.1, 0.15) is 35.2 Å². The van der Waals surface area contributed by atoms with Gasteiger partial charge in [0.25, 0.3) is 0 Å². The number of aryl methyl sites for hydroxylation is 1. The van der Waals surface area contributed by atoms with Crippen LogP contribution in [0.3, 0.4) is 0 Å². The van der Waals surface area contributed by atoms with Crippen LogP contribution in [0.4, 0.5) is 8.78 Å². The number of fused-ring (bicyclic) bond motifs is 1. The summed E-state index contributed by atoms with van der Waals surface area (Å²) >= 11 is 0. The Labute approximate surface area is 241 Å². The molecule has 1 heterocycles. The maximum Gasteiger partial charge on any atom is 0.323 e. The van der Waals surface area contributed by atoms with E-state index in [1.165, 1.54) is 12.1 Å². The number of carboxylic acids is 2. The quantitative estimate of drug-likeness (QED) is 0.125. The topological polar surface area (TPSA) is 98.0 Å². The number of carbonyl (C=O) groups is 2. The minimum absolute atomic E-state index is 0.0485. The molecule has 218 valence electrons. The van der Waals surface area contributed by atoms with Crippen LogP contribution in [0, 0.1) is 18.6 Å². The third-order valence-electron chi connectivity index (χ3n) is 6.71. The monoisotopic (exact) mass is 575 g/mol. The van der Waals surface area contributed by atoms with Gasteiger partial charge in [-0.05, 0) is 72.9 Å². The first-order valence-corrected chi connectivity index (χ1v) is 13.4. The van der Waals surface area contributed by atoms with Crippen molar-refractivity contribution in [1.82, 2.24) is 4.57 Å². The molecule has 0 aliphatic rings. The second-order valence-electron chi connectivity index (χ2n) is 9.58. The maximum atomic E-state index is 13.6. The standard InChI is InChI=1S/C33H31F2NO6/c1-22-26(8-5-12-30(37)38)27-9-4-7-24(33(27)36(22)21-31(39)40)16-13-23-14-17-25(18-15-23)41-19-2-3-20-42-29-11-6-10-28(34)32(29)35/h2-4,6-7,9-11,13-18H,5,8,12,19-21H2,1H3,(H,37,38)(H,39,40)/b3-2+,16-13?. The molecule has 9 heteroatoms. The Balaban J connectivity index is 1.41. The molecular formula is C33H31F2NO6. The molecule has 0 aliphatic heterocycles. The van der Waals surface area contributed by atoms with Crippen LogP contribution in [0.5, 0.6) is 11.5 Å². The second-order valence-corrected chi connectivity index (χ2v) is 9.58. The summed E-state index contributed by atoms with van der Waals surface area (Å²) in [6.07, 6.45) is 8.29. The second kappa shape index (κ2) is 14.1. The highest BCUT2D eigenvalue weighted by molar-refractivity contribution is 5.95. The van der Waals surface area contributed by atoms with Crippen molar-refractivity contribution in [2.75, 3.05) is 13.2 Å². The normalized spacial score (nSPS) is 11.5. The highest BCUT2D eigenvalue weighted by atomic mass is 19.2. The zero-order valence-electron chi connectivity index (χ0n) is 23.1. The summed E-state index contributed by atoms with van der Waals surface area (Å²) in [4.78, 5) is 22.7. The van der Waals surface area contributed by atoms with Gasteiger partial charge in [0, 0.05) is 17.5 Å². The molecule has 0 aliphatic carbocycles. The molecule has 42 heavy (non-hydrogen) atoms. The van der Waals surface area contributed by atoms with E-state index in [2.05, 4.69) is 0 Å². The Hall–Kier alpha value is -4.92. The first kappa shape index (κ1) is 30.0. The van der Waals surface area contributed by atoms with E-state index >= 15 is 0 Å². The highest BCUT2D eigenvalue weighted by Crippen LogP contribution is 2.31. The smallest absolute Gasteiger partial charge is 0.323 e. The molecule has 0 bridgehead atoms. The Morgan fingerprint density at radius 3 is 2.31 bits per heavy atom. The van der Waals surface area contributed by atoms with Gasteiger partial charge in [0.2, 0.25) is 5.82 Å². The fourth-order valence-electron chi connectivity index (χ4n) is 4.71. The van der Waals surface area contributed by atoms with Gasteiger partial charge in [-0.2, -0.15) is 4.39 Å². The van der Waals surface area contributed by atoms with Gasteiger partial charge >= 0.3 is 11.9 Å². The number of benzene rings is 3. The van der Waals surface area contributed by atoms with E-state index in [4.69, 9.17) is 14.6 Å². The minimum Gasteiger partial charge on any atom is -0.490 e. The van der Waals surface area contributed by atoms with Crippen molar-refractivity contribution in [2.24, 2.45) is 0 Å². The summed E-state index contributed by atoms with van der Waals surface area (Å²) < 4.78 is 39.5. The molecule has 3 aromatic carbocycles. The molecule has 0 atom stereocenters. The van der Waals surface area contributed by atoms with Gasteiger partial charge in [-0.1, -0.05) is 48.6 Å². The van der Waals surface area contributed by atoms with E-state index in [-0.39, 0.29) is 31.9 Å². The molecule has 0 spiro atoms. The van der Waals surface area contributed by atoms with Crippen molar-refractivity contribution in [1.29, 1.82) is 0 Å². The molecule has 0 unspecified atom stereocenters. The summed E-state index contributed by atoms with van der Waals surface area (Å²) in [5.74, 6) is -3.30. The summed E-state index contributed by atoms with van der Waals surface area (Å²) in [5, 5.41) is 19.5. The molecule has 0 radical (unpaired) electrons. The van der Waals surface area contributed by atoms with Crippen molar-refractivity contribution in [3.8, 4) is 11.5 Å². The molecule has 2 N–H and O–H groups in total. The summed E-state index contributed by atoms with van der Waals surface area (Å²) in [5.41, 5.74) is 4.35. The number of nitrogens with zero attached hydrogens (tertiary/aromatic N) is 1. The summed E-state index contributed by atoms with van der Waals surface area (Å²) in [6, 6.07) is 17.0. The first-order chi connectivity index (χ1) is 20.2. The van der Waals surface area contributed by atoms with Crippen LogP contribution in [0.2, 0.25) is 0 Å². The van der Waals surface area contributed by atoms with Gasteiger partial charge < -0.3 is 24.3 Å². The Bertz CT molecular complexity index is 1620. The van der Waals surface area contributed by atoms with Gasteiger partial charge in [-0.25, -0.2) is 4.39 Å². The third kappa shape index (κ3) is 7.63. The summed E-state index contributed by atoms with van der Waals surface area (Å²) in [6.45, 7) is 2.01. The molecule has 4 aromatic rings. The van der Waals surface area contributed by atoms with Gasteiger partial charge in [-0.15, -0.1) is 0 Å². The van der Waals surface area contributed by atoms with Gasteiger partial charge in [0.15, 0.2) is 11.6 Å². The van der Waals surface area contributed by atoms with Crippen molar-refractivity contribution in [3.05, 3.63) is 107 Å². The maximum absolute atomic E-state index is 13.6. The van der Waals surface area contributed by atoms with E-state index in [9.17, 15) is 23.5 Å². The van der Waals surface area contributed by atoms with Crippen LogP contribution < -0.4 is 9.47 Å². The van der Waals surface area contributed by atoms with Crippen LogP contribution in [-0.4, -0.2) is 39.9 Å². The van der Waals surface area contributed by atoms with E-state index in [1.54, 1.807) is 16.7 Å². The number of para-hydroxylation sites is 1. The van der Waals surface area contributed by atoms with E-state index in [0.717, 1.165) is 39.4 Å². The van der Waals surface area contributed by atoms with E-state index < -0.39 is 23.6 Å². The van der Waals surface area contributed by atoms with Crippen LogP contribution >= 0.6 is 0 Å². The lowest BCUT2D eigenvalue weighted by Crippen LogP contribution is -2.10. The average molecular weight is 576 g/mol. The zero-order valence-corrected chi connectivity index (χ0v) is 23.1. The Morgan fingerprint density at radius 1 is 0.881 bits per heavy atom. The SMILES string of the molecule is Cc1c(CCCC(=O)O)c2cccc(C=Cc3ccc(OC/C=C/COc4cccc(F)c4F)cc3)c2n1CC(=O)O. The minimum atomic E-state index is -1.02. The third-order valence-corrected chi connectivity index (χ3v) is 6.71. The fraction of sp³-hybridized carbons (Fsp3) is 0.212. The van der Waals surface area contributed by atoms with Gasteiger partial charge in [0.05, 0.1) is 5.52 Å². The number of aromatic nitrogens is 1. The Kier molecular flexibility index (Phi) is 10.1. The highest BCUT2D eigenvalue weighted by Gasteiger charge is 2.18. The van der Waals surface area contributed by atoms with Gasteiger partial charge in [0.1, 0.15) is 25.5 Å². The largest absolute Gasteiger partial charge is 0.490 e. The first-order valence-electron chi connectivity index (χ1n) is 13.4. The number of hydrogen-bond acceptors (Lipinski definition) is 4. The predicted molar refractivity (Wildman–Crippen MR) is 157 cm³/mol. The number of aliphatic carboxylic acids is 2. The van der Waals surface area contributed by atoms with Crippen LogP contribution in [-0.2, 0) is 22.6 Å². The molecular weight excluding hydrogens is 544 g/mol. The predicted octanol–water partition coefficient (Wildman–Crippen LogP) is 6.90. The lowest BCUT2D eigenvalue weighted by molar-refractivity contribution is -0.138. The fourth-order valence-corrected chi connectivity index (χ4v) is 4.71. The van der Waals surface area contributed by atoms with Crippen LogP contribution in [0.15, 0.2) is 72.8 Å². The lowest BCUT2D eigenvalue weighted by atomic mass is 10.0. The number of ether oxygens (including phenoxy) is 2. The zero-order chi connectivity index (χ0) is 30.1. The van der Waals surface area contributed by atoms with Crippen molar-refractivity contribution < 1.29 is 38.1 Å². The molecule has 1 aromatic heterocycles. The number of halogens is 2. The molecule has 4 rings (SSSR count). The van der Waals surface area contributed by atoms with Crippen LogP contribution in [0.25, 0.3) is 23.1 Å². The van der Waals surface area contributed by atoms with E-state index in [0.29, 0.717) is 18.6 Å². The average Bonchev–Trinajstić information content (AvgIpc) is 3.22. The number of carboxylic acid groups (broad SMARTS) is 2.